The average Bonchev–Trinajstić information content (AvgIpc) is 3.48. The van der Waals surface area contributed by atoms with Gasteiger partial charge in [-0.25, -0.2) is 4.98 Å². The Bertz CT molecular complexity index is 1340. The number of halogens is 6. The van der Waals surface area contributed by atoms with Gasteiger partial charge in [-0.3, -0.25) is 14.3 Å². The van der Waals surface area contributed by atoms with Crippen molar-refractivity contribution in [3.05, 3.63) is 47.5 Å². The Morgan fingerprint density at radius 1 is 1.02 bits per heavy atom. The lowest BCUT2D eigenvalue weighted by atomic mass is 9.84. The zero-order valence-electron chi connectivity index (χ0n) is 22.7. The molecule has 2 heterocycles. The van der Waals surface area contributed by atoms with Crippen LogP contribution in [-0.2, 0) is 4.79 Å². The molecule has 2 atom stereocenters. The highest BCUT2D eigenvalue weighted by Crippen LogP contribution is 2.43. The topological polar surface area (TPSA) is 105 Å². The smallest absolute Gasteiger partial charge is 0.350 e. The average molecular weight is 575 g/mol. The first-order chi connectivity index (χ1) is 18.4. The maximum atomic E-state index is 13.8. The Kier molecular flexibility index (Phi) is 8.90. The molecular weight excluding hydrogens is 542 g/mol. The summed E-state index contributed by atoms with van der Waals surface area (Å²) in [5.74, 6) is -1.30. The molecule has 0 bridgehead atoms. The second-order valence-corrected chi connectivity index (χ2v) is 10.7. The summed E-state index contributed by atoms with van der Waals surface area (Å²) in [6.45, 7) is 7.29. The molecular formula is C26H32F6N6O2. The van der Waals surface area contributed by atoms with E-state index in [1.807, 2.05) is 13.8 Å². The molecule has 0 radical (unpaired) electrons. The predicted molar refractivity (Wildman–Crippen MR) is 135 cm³/mol. The molecule has 0 fully saturated rings. The minimum Gasteiger partial charge on any atom is -0.350 e. The maximum Gasteiger partial charge on any atom is 0.394 e. The van der Waals surface area contributed by atoms with E-state index in [9.17, 15) is 35.9 Å². The number of imidazole rings is 1. The lowest BCUT2D eigenvalue weighted by Crippen LogP contribution is -2.39. The predicted octanol–water partition coefficient (Wildman–Crippen LogP) is 6.31. The molecule has 8 nitrogen and oxygen atoms in total. The number of benzene rings is 1. The second-order valence-electron chi connectivity index (χ2n) is 10.7. The summed E-state index contributed by atoms with van der Waals surface area (Å²) >= 11 is 0. The van der Waals surface area contributed by atoms with Gasteiger partial charge in [0.25, 0.3) is 5.91 Å². The maximum absolute atomic E-state index is 13.8. The van der Waals surface area contributed by atoms with Crippen LogP contribution < -0.4 is 10.6 Å². The molecule has 14 heteroatoms. The lowest BCUT2D eigenvalue weighted by molar-refractivity contribution is -0.215. The van der Waals surface area contributed by atoms with E-state index in [0.717, 1.165) is 13.8 Å². The molecule has 0 saturated carbocycles. The summed E-state index contributed by atoms with van der Waals surface area (Å²) in [7, 11) is 0. The van der Waals surface area contributed by atoms with E-state index >= 15 is 0 Å². The van der Waals surface area contributed by atoms with Crippen LogP contribution in [0.15, 0.2) is 30.5 Å². The van der Waals surface area contributed by atoms with E-state index in [-0.39, 0.29) is 17.6 Å². The molecule has 1 aromatic carbocycles. The van der Waals surface area contributed by atoms with Crippen LogP contribution >= 0.6 is 0 Å². The van der Waals surface area contributed by atoms with Crippen LogP contribution in [0.25, 0.3) is 11.0 Å². The molecule has 0 aliphatic rings. The molecule has 0 unspecified atom stereocenters. The highest BCUT2D eigenvalue weighted by Gasteiger charge is 2.49. The monoisotopic (exact) mass is 574 g/mol. The number of hydrogen-bond donors (Lipinski definition) is 3. The minimum absolute atomic E-state index is 0.0929. The van der Waals surface area contributed by atoms with Crippen molar-refractivity contribution in [3.8, 4) is 0 Å². The van der Waals surface area contributed by atoms with Crippen LogP contribution in [-0.4, -0.2) is 43.9 Å². The van der Waals surface area contributed by atoms with Gasteiger partial charge in [0, 0.05) is 18.7 Å². The standard InChI is InChI=1S/C26H32F6N6O2/c1-14(2)38-20(9-11-33-38)23(40)37-19(13-24(4,5)26(30,31)32)22-35-17-7-6-16(12-18(17)36-22)15(3)34-21(39)8-10-25(27,28)29/h6-7,9,11-12,14-15,19H,8,10,13H2,1-5H3,(H,34,39)(H,35,36)(H,37,40)/t15-,19+/m1/s1. The van der Waals surface area contributed by atoms with Crippen LogP contribution in [0, 0.1) is 5.41 Å². The van der Waals surface area contributed by atoms with Crippen LogP contribution in [0.1, 0.15) is 93.9 Å². The number of hydrogen-bond acceptors (Lipinski definition) is 4. The van der Waals surface area contributed by atoms with Crippen molar-refractivity contribution < 1.29 is 35.9 Å². The van der Waals surface area contributed by atoms with Gasteiger partial charge in [0.05, 0.1) is 35.0 Å². The molecule has 220 valence electrons. The second kappa shape index (κ2) is 11.5. The van der Waals surface area contributed by atoms with Crippen molar-refractivity contribution in [3.63, 3.8) is 0 Å². The number of H-pyrrole nitrogens is 1. The Balaban J connectivity index is 1.89. The molecule has 40 heavy (non-hydrogen) atoms. The molecule has 0 aliphatic carbocycles. The Hall–Kier alpha value is -3.58. The number of alkyl halides is 6. The van der Waals surface area contributed by atoms with Gasteiger partial charge in [0.1, 0.15) is 11.5 Å². The Labute approximate surface area is 226 Å². The number of nitrogens with one attached hydrogen (secondary N) is 3. The normalized spacial score (nSPS) is 14.4. The molecule has 0 saturated heterocycles. The number of fused-ring (bicyclic) bond motifs is 1. The Morgan fingerprint density at radius 2 is 1.70 bits per heavy atom. The van der Waals surface area contributed by atoms with E-state index in [1.165, 1.54) is 16.9 Å². The highest BCUT2D eigenvalue weighted by atomic mass is 19.4. The van der Waals surface area contributed by atoms with Crippen molar-refractivity contribution >= 4 is 22.8 Å². The van der Waals surface area contributed by atoms with E-state index in [2.05, 4.69) is 25.7 Å². The quantitative estimate of drug-likeness (QED) is 0.247. The van der Waals surface area contributed by atoms with Crippen LogP contribution in [0.4, 0.5) is 26.3 Å². The van der Waals surface area contributed by atoms with Gasteiger partial charge >= 0.3 is 12.4 Å². The minimum atomic E-state index is -4.56. The lowest BCUT2D eigenvalue weighted by Gasteiger charge is -2.31. The third-order valence-electron chi connectivity index (χ3n) is 6.55. The SMILES string of the molecule is CC(C)n1nccc1C(=O)N[C@@H](CC(C)(C)C(F)(F)F)c1nc2ccc([C@@H](C)NC(=O)CCC(F)(F)F)cc2[nH]1. The number of aromatic nitrogens is 4. The number of aromatic amines is 1. The molecule has 3 aromatic rings. The van der Waals surface area contributed by atoms with Gasteiger partial charge in [-0.2, -0.15) is 31.4 Å². The first-order valence-electron chi connectivity index (χ1n) is 12.6. The molecule has 0 spiro atoms. The highest BCUT2D eigenvalue weighted by molar-refractivity contribution is 5.92. The number of amides is 2. The van der Waals surface area contributed by atoms with Gasteiger partial charge in [-0.15, -0.1) is 0 Å². The fourth-order valence-corrected chi connectivity index (χ4v) is 4.11. The summed E-state index contributed by atoms with van der Waals surface area (Å²) in [4.78, 5) is 32.5. The summed E-state index contributed by atoms with van der Waals surface area (Å²) in [5.41, 5.74) is -0.646. The van der Waals surface area contributed by atoms with Gasteiger partial charge in [0.2, 0.25) is 5.91 Å². The van der Waals surface area contributed by atoms with E-state index in [1.54, 1.807) is 25.1 Å². The van der Waals surface area contributed by atoms with Gasteiger partial charge in [-0.1, -0.05) is 19.9 Å². The summed E-state index contributed by atoms with van der Waals surface area (Å²) < 4.78 is 80.1. The number of rotatable bonds is 10. The third kappa shape index (κ3) is 7.54. The van der Waals surface area contributed by atoms with Crippen molar-refractivity contribution in [1.82, 2.24) is 30.4 Å². The Morgan fingerprint density at radius 3 is 2.30 bits per heavy atom. The summed E-state index contributed by atoms with van der Waals surface area (Å²) in [6, 6.07) is 4.28. The first-order valence-corrected chi connectivity index (χ1v) is 12.6. The molecule has 3 rings (SSSR count). The number of carbonyl (C=O) groups excluding carboxylic acids is 2. The van der Waals surface area contributed by atoms with Crippen molar-refractivity contribution in [2.24, 2.45) is 5.41 Å². The molecule has 2 aromatic heterocycles. The largest absolute Gasteiger partial charge is 0.394 e. The number of carbonyl (C=O) groups is 2. The van der Waals surface area contributed by atoms with E-state index in [0.29, 0.717) is 16.6 Å². The van der Waals surface area contributed by atoms with Crippen LogP contribution in [0.3, 0.4) is 0 Å². The summed E-state index contributed by atoms with van der Waals surface area (Å²) in [5, 5.41) is 9.27. The molecule has 0 aliphatic heterocycles. The van der Waals surface area contributed by atoms with Crippen LogP contribution in [0.2, 0.25) is 0 Å². The summed E-state index contributed by atoms with van der Waals surface area (Å²) in [6.07, 6.45) is -10.1. The number of nitrogens with zero attached hydrogens (tertiary/aromatic N) is 3. The fraction of sp³-hybridized carbons (Fsp3) is 0.538. The van der Waals surface area contributed by atoms with Crippen molar-refractivity contribution in [2.45, 2.75) is 84.4 Å². The van der Waals surface area contributed by atoms with Gasteiger partial charge in [0.15, 0.2) is 0 Å². The van der Waals surface area contributed by atoms with Crippen LogP contribution in [0.5, 0.6) is 0 Å². The van der Waals surface area contributed by atoms with E-state index < -0.39 is 60.9 Å². The zero-order valence-corrected chi connectivity index (χ0v) is 22.7. The van der Waals surface area contributed by atoms with E-state index in [4.69, 9.17) is 0 Å². The first kappa shape index (κ1) is 31.0. The van der Waals surface area contributed by atoms with Gasteiger partial charge < -0.3 is 15.6 Å². The van der Waals surface area contributed by atoms with Crippen molar-refractivity contribution in [1.29, 1.82) is 0 Å². The molecule has 3 N–H and O–H groups in total. The van der Waals surface area contributed by atoms with Crippen molar-refractivity contribution in [2.75, 3.05) is 0 Å². The molecule has 2 amide bonds. The third-order valence-corrected chi connectivity index (χ3v) is 6.55. The van der Waals surface area contributed by atoms with Gasteiger partial charge in [-0.05, 0) is 51.0 Å². The zero-order chi connectivity index (χ0) is 30.0. The fourth-order valence-electron chi connectivity index (χ4n) is 4.11.